The molecule has 0 bridgehead atoms. The lowest BCUT2D eigenvalue weighted by Crippen LogP contribution is -2.47. The molecule has 1 aromatic rings. The van der Waals surface area contributed by atoms with E-state index in [1.54, 1.807) is 24.0 Å². The molecule has 6 nitrogen and oxygen atoms in total. The smallest absolute Gasteiger partial charge is 0.319 e. The standard InChI is InChI=1S/C15H22N4O2/c1-11(14(20)19-8-2-3-9-19)17-15(21)18-13-6-4-12(10-16)5-7-13/h4-7,11H,2-3,8-10,16H2,1H3,(H2,17,18,21). The van der Waals surface area contributed by atoms with Crippen molar-refractivity contribution in [2.45, 2.75) is 32.4 Å². The zero-order valence-electron chi connectivity index (χ0n) is 12.3. The fraction of sp³-hybridized carbons (Fsp3) is 0.467. The summed E-state index contributed by atoms with van der Waals surface area (Å²) in [5, 5.41) is 5.38. The number of benzene rings is 1. The summed E-state index contributed by atoms with van der Waals surface area (Å²) in [6.07, 6.45) is 2.08. The Bertz CT molecular complexity index is 495. The maximum atomic E-state index is 12.1. The molecular weight excluding hydrogens is 268 g/mol. The monoisotopic (exact) mass is 290 g/mol. The van der Waals surface area contributed by atoms with E-state index in [4.69, 9.17) is 5.73 Å². The maximum Gasteiger partial charge on any atom is 0.319 e. The second-order valence-electron chi connectivity index (χ2n) is 5.25. The Kier molecular flexibility index (Phi) is 5.16. The second-order valence-corrected chi connectivity index (χ2v) is 5.25. The van der Waals surface area contributed by atoms with Crippen molar-refractivity contribution in [2.75, 3.05) is 18.4 Å². The number of anilines is 1. The summed E-state index contributed by atoms with van der Waals surface area (Å²) in [6, 6.07) is 6.38. The first-order valence-corrected chi connectivity index (χ1v) is 7.25. The third kappa shape index (κ3) is 4.19. The van der Waals surface area contributed by atoms with E-state index >= 15 is 0 Å². The Morgan fingerprint density at radius 2 is 1.86 bits per heavy atom. The third-order valence-corrected chi connectivity index (χ3v) is 3.58. The molecule has 3 amide bonds. The lowest BCUT2D eigenvalue weighted by Gasteiger charge is -2.21. The molecular formula is C15H22N4O2. The van der Waals surface area contributed by atoms with Gasteiger partial charge >= 0.3 is 6.03 Å². The fourth-order valence-electron chi connectivity index (χ4n) is 2.36. The largest absolute Gasteiger partial charge is 0.341 e. The van der Waals surface area contributed by atoms with Crippen LogP contribution in [0.5, 0.6) is 0 Å². The van der Waals surface area contributed by atoms with Gasteiger partial charge < -0.3 is 21.3 Å². The van der Waals surface area contributed by atoms with Crippen LogP contribution in [0.2, 0.25) is 0 Å². The molecule has 1 fully saturated rings. The number of hydrogen-bond acceptors (Lipinski definition) is 3. The lowest BCUT2D eigenvalue weighted by atomic mass is 10.2. The highest BCUT2D eigenvalue weighted by Gasteiger charge is 2.24. The Hall–Kier alpha value is -2.08. The number of likely N-dealkylation sites (tertiary alicyclic amines) is 1. The van der Waals surface area contributed by atoms with E-state index in [0.717, 1.165) is 31.5 Å². The number of rotatable bonds is 4. The number of nitrogens with two attached hydrogens (primary N) is 1. The van der Waals surface area contributed by atoms with Gasteiger partial charge in [0.1, 0.15) is 6.04 Å². The van der Waals surface area contributed by atoms with Crippen LogP contribution < -0.4 is 16.4 Å². The van der Waals surface area contributed by atoms with Crippen LogP contribution in [0.1, 0.15) is 25.3 Å². The second kappa shape index (κ2) is 7.08. The number of urea groups is 1. The molecule has 1 aliphatic rings. The van der Waals surface area contributed by atoms with Crippen LogP contribution in [0.15, 0.2) is 24.3 Å². The summed E-state index contributed by atoms with van der Waals surface area (Å²) in [5.41, 5.74) is 7.19. The molecule has 6 heteroatoms. The molecule has 0 aliphatic carbocycles. The van der Waals surface area contributed by atoms with Crippen molar-refractivity contribution >= 4 is 17.6 Å². The van der Waals surface area contributed by atoms with Crippen LogP contribution in [0.4, 0.5) is 10.5 Å². The number of nitrogens with one attached hydrogen (secondary N) is 2. The number of carbonyl (C=O) groups excluding carboxylic acids is 2. The lowest BCUT2D eigenvalue weighted by molar-refractivity contribution is -0.131. The van der Waals surface area contributed by atoms with Crippen LogP contribution in [0, 0.1) is 0 Å². The molecule has 0 spiro atoms. The van der Waals surface area contributed by atoms with Crippen LogP contribution in [0.25, 0.3) is 0 Å². The fourth-order valence-corrected chi connectivity index (χ4v) is 2.36. The number of amides is 3. The van der Waals surface area contributed by atoms with Crippen molar-refractivity contribution in [3.05, 3.63) is 29.8 Å². The van der Waals surface area contributed by atoms with Gasteiger partial charge in [0.05, 0.1) is 0 Å². The molecule has 1 unspecified atom stereocenters. The summed E-state index contributed by atoms with van der Waals surface area (Å²) in [7, 11) is 0. The van der Waals surface area contributed by atoms with E-state index < -0.39 is 6.04 Å². The van der Waals surface area contributed by atoms with Crippen molar-refractivity contribution in [3.8, 4) is 0 Å². The Labute approximate surface area is 124 Å². The molecule has 1 aliphatic heterocycles. The van der Waals surface area contributed by atoms with E-state index in [0.29, 0.717) is 12.2 Å². The van der Waals surface area contributed by atoms with Crippen LogP contribution in [-0.2, 0) is 11.3 Å². The van der Waals surface area contributed by atoms with E-state index in [1.807, 2.05) is 12.1 Å². The maximum absolute atomic E-state index is 12.1. The molecule has 0 radical (unpaired) electrons. The van der Waals surface area contributed by atoms with Gasteiger partial charge in [-0.05, 0) is 37.5 Å². The van der Waals surface area contributed by atoms with Crippen LogP contribution in [-0.4, -0.2) is 36.0 Å². The predicted molar refractivity (Wildman–Crippen MR) is 81.8 cm³/mol. The average Bonchev–Trinajstić information content (AvgIpc) is 3.01. The number of carbonyl (C=O) groups is 2. The van der Waals surface area contributed by atoms with Crippen molar-refractivity contribution < 1.29 is 9.59 Å². The molecule has 2 rings (SSSR count). The van der Waals surface area contributed by atoms with Crippen molar-refractivity contribution in [1.29, 1.82) is 0 Å². The first kappa shape index (κ1) is 15.3. The summed E-state index contributed by atoms with van der Waals surface area (Å²) in [5.74, 6) is -0.0267. The summed E-state index contributed by atoms with van der Waals surface area (Å²) in [4.78, 5) is 25.8. The van der Waals surface area contributed by atoms with Crippen LogP contribution in [0.3, 0.4) is 0 Å². The first-order chi connectivity index (χ1) is 10.1. The summed E-state index contributed by atoms with van der Waals surface area (Å²) in [6.45, 7) is 3.74. The zero-order valence-corrected chi connectivity index (χ0v) is 12.3. The van der Waals surface area contributed by atoms with Gasteiger partial charge in [-0.3, -0.25) is 4.79 Å². The number of hydrogen-bond donors (Lipinski definition) is 3. The van der Waals surface area contributed by atoms with Crippen molar-refractivity contribution in [1.82, 2.24) is 10.2 Å². The number of nitrogens with zero attached hydrogens (tertiary/aromatic N) is 1. The SMILES string of the molecule is CC(NC(=O)Nc1ccc(CN)cc1)C(=O)N1CCCC1. The minimum Gasteiger partial charge on any atom is -0.341 e. The van der Waals surface area contributed by atoms with Gasteiger partial charge in [-0.15, -0.1) is 0 Å². The molecule has 1 saturated heterocycles. The quantitative estimate of drug-likeness (QED) is 0.780. The highest BCUT2D eigenvalue weighted by Crippen LogP contribution is 2.10. The highest BCUT2D eigenvalue weighted by molar-refractivity contribution is 5.93. The topological polar surface area (TPSA) is 87.5 Å². The molecule has 1 aromatic carbocycles. The van der Waals surface area contributed by atoms with Gasteiger partial charge in [-0.1, -0.05) is 12.1 Å². The summed E-state index contributed by atoms with van der Waals surface area (Å²) < 4.78 is 0. The predicted octanol–water partition coefficient (Wildman–Crippen LogP) is 1.28. The van der Waals surface area contributed by atoms with E-state index in [-0.39, 0.29) is 11.9 Å². The van der Waals surface area contributed by atoms with Gasteiger partial charge in [-0.2, -0.15) is 0 Å². The van der Waals surface area contributed by atoms with E-state index in [2.05, 4.69) is 10.6 Å². The summed E-state index contributed by atoms with van der Waals surface area (Å²) >= 11 is 0. The normalized spacial score (nSPS) is 15.6. The van der Waals surface area contributed by atoms with Gasteiger partial charge in [0.15, 0.2) is 0 Å². The van der Waals surface area contributed by atoms with Gasteiger partial charge in [0, 0.05) is 25.3 Å². The molecule has 1 atom stereocenters. The van der Waals surface area contributed by atoms with E-state index in [9.17, 15) is 9.59 Å². The van der Waals surface area contributed by atoms with Gasteiger partial charge in [-0.25, -0.2) is 4.79 Å². The Morgan fingerprint density at radius 3 is 2.43 bits per heavy atom. The Morgan fingerprint density at radius 1 is 1.24 bits per heavy atom. The molecule has 21 heavy (non-hydrogen) atoms. The Balaban J connectivity index is 1.83. The van der Waals surface area contributed by atoms with E-state index in [1.165, 1.54) is 0 Å². The minimum atomic E-state index is -0.522. The van der Waals surface area contributed by atoms with Crippen molar-refractivity contribution in [2.24, 2.45) is 5.73 Å². The molecule has 0 aromatic heterocycles. The minimum absolute atomic E-state index is 0.0267. The van der Waals surface area contributed by atoms with Crippen LogP contribution >= 0.6 is 0 Å². The third-order valence-electron chi connectivity index (χ3n) is 3.58. The van der Waals surface area contributed by atoms with Crippen molar-refractivity contribution in [3.63, 3.8) is 0 Å². The molecule has 0 saturated carbocycles. The van der Waals surface area contributed by atoms with Gasteiger partial charge in [0.25, 0.3) is 0 Å². The highest BCUT2D eigenvalue weighted by atomic mass is 16.2. The zero-order chi connectivity index (χ0) is 15.2. The van der Waals surface area contributed by atoms with Gasteiger partial charge in [0.2, 0.25) is 5.91 Å². The molecule has 1 heterocycles. The molecule has 4 N–H and O–H groups in total. The molecule has 114 valence electrons. The first-order valence-electron chi connectivity index (χ1n) is 7.25. The average molecular weight is 290 g/mol.